The molecule has 1 aliphatic rings. The summed E-state index contributed by atoms with van der Waals surface area (Å²) in [6.07, 6.45) is 0.0583. The molecule has 1 atom stereocenters. The van der Waals surface area contributed by atoms with Crippen LogP contribution in [0.4, 0.5) is 0 Å². The maximum atomic E-state index is 13.2. The Bertz CT molecular complexity index is 858. The molecule has 134 valence electrons. The van der Waals surface area contributed by atoms with Gasteiger partial charge in [0.05, 0.1) is 11.5 Å². The Hall–Kier alpha value is -1.85. The summed E-state index contributed by atoms with van der Waals surface area (Å²) in [6, 6.07) is 12.2. The van der Waals surface area contributed by atoms with Crippen LogP contribution in [-0.2, 0) is 20.0 Å². The van der Waals surface area contributed by atoms with Crippen molar-refractivity contribution in [3.05, 3.63) is 53.6 Å². The van der Waals surface area contributed by atoms with E-state index in [1.807, 2.05) is 33.8 Å². The average Bonchev–Trinajstić information content (AvgIpc) is 3.36. The summed E-state index contributed by atoms with van der Waals surface area (Å²) in [7, 11) is -3.66. The van der Waals surface area contributed by atoms with E-state index in [2.05, 4.69) is 0 Å². The lowest BCUT2D eigenvalue weighted by Crippen LogP contribution is -2.18. The molecule has 3 rings (SSSR count). The van der Waals surface area contributed by atoms with Crippen molar-refractivity contribution in [1.82, 2.24) is 0 Å². The molecule has 2 aromatic carbocycles. The summed E-state index contributed by atoms with van der Waals surface area (Å²) in [5, 5.41) is 0. The van der Waals surface area contributed by atoms with Gasteiger partial charge in [0.15, 0.2) is 0 Å². The van der Waals surface area contributed by atoms with E-state index in [1.165, 1.54) is 0 Å². The van der Waals surface area contributed by atoms with E-state index in [4.69, 9.17) is 9.47 Å². The van der Waals surface area contributed by atoms with Crippen LogP contribution in [0.1, 0.15) is 31.9 Å². The fourth-order valence-electron chi connectivity index (χ4n) is 2.65. The quantitative estimate of drug-likeness (QED) is 0.759. The summed E-state index contributed by atoms with van der Waals surface area (Å²) in [5.41, 5.74) is 1.66. The maximum Gasteiger partial charge on any atom is 0.210 e. The van der Waals surface area contributed by atoms with Crippen LogP contribution in [0, 0.1) is 6.92 Å². The number of rotatable bonds is 5. The minimum absolute atomic E-state index is 0.0583. The third-order valence-corrected chi connectivity index (χ3v) is 6.02. The fraction of sp³-hybridized carbons (Fsp3) is 0.400. The first-order chi connectivity index (χ1) is 11.7. The first kappa shape index (κ1) is 18.0. The number of ether oxygens (including phenoxy) is 2. The summed E-state index contributed by atoms with van der Waals surface area (Å²) in [6.45, 7) is 9.10. The molecule has 1 heterocycles. The maximum absolute atomic E-state index is 13.2. The predicted molar refractivity (Wildman–Crippen MR) is 97.0 cm³/mol. The van der Waals surface area contributed by atoms with Crippen molar-refractivity contribution in [2.45, 2.75) is 49.0 Å². The molecule has 0 spiro atoms. The highest BCUT2D eigenvalue weighted by Crippen LogP contribution is 2.39. The highest BCUT2D eigenvalue weighted by atomic mass is 32.2. The number of hydrogen-bond donors (Lipinski definition) is 0. The SMILES string of the molecule is Cc1ccc(S(=O)(=O)c2cccc(C(C)(C)C)c2OCC2CO2)cc1. The van der Waals surface area contributed by atoms with Crippen molar-refractivity contribution in [2.24, 2.45) is 0 Å². The van der Waals surface area contributed by atoms with Crippen LogP contribution < -0.4 is 4.74 Å². The zero-order valence-electron chi connectivity index (χ0n) is 15.1. The second-order valence-electron chi connectivity index (χ2n) is 7.47. The third kappa shape index (κ3) is 3.88. The van der Waals surface area contributed by atoms with Gasteiger partial charge < -0.3 is 9.47 Å². The number of hydrogen-bond acceptors (Lipinski definition) is 4. The predicted octanol–water partition coefficient (Wildman–Crippen LogP) is 3.90. The van der Waals surface area contributed by atoms with E-state index in [0.717, 1.165) is 11.1 Å². The van der Waals surface area contributed by atoms with Gasteiger partial charge in [-0.2, -0.15) is 0 Å². The summed E-state index contributed by atoms with van der Waals surface area (Å²) < 4.78 is 37.5. The second kappa shape index (κ2) is 6.46. The first-order valence-electron chi connectivity index (χ1n) is 8.39. The van der Waals surface area contributed by atoms with E-state index in [-0.39, 0.29) is 21.3 Å². The van der Waals surface area contributed by atoms with Gasteiger partial charge >= 0.3 is 0 Å². The molecule has 25 heavy (non-hydrogen) atoms. The zero-order valence-corrected chi connectivity index (χ0v) is 15.9. The van der Waals surface area contributed by atoms with E-state index < -0.39 is 9.84 Å². The van der Waals surface area contributed by atoms with E-state index in [1.54, 1.807) is 36.4 Å². The van der Waals surface area contributed by atoms with Gasteiger partial charge in [0.2, 0.25) is 9.84 Å². The smallest absolute Gasteiger partial charge is 0.210 e. The molecule has 0 aromatic heterocycles. The second-order valence-corrected chi connectivity index (χ2v) is 9.38. The molecule has 1 aliphatic heterocycles. The highest BCUT2D eigenvalue weighted by molar-refractivity contribution is 7.91. The Morgan fingerprint density at radius 2 is 1.76 bits per heavy atom. The van der Waals surface area contributed by atoms with Gasteiger partial charge in [-0.1, -0.05) is 50.6 Å². The van der Waals surface area contributed by atoms with Gasteiger partial charge in [0.1, 0.15) is 23.4 Å². The fourth-order valence-corrected chi connectivity index (χ4v) is 4.07. The molecule has 0 bridgehead atoms. The van der Waals surface area contributed by atoms with E-state index in [9.17, 15) is 8.42 Å². The van der Waals surface area contributed by atoms with Crippen LogP contribution in [0.15, 0.2) is 52.3 Å². The number of benzene rings is 2. The minimum Gasteiger partial charge on any atom is -0.489 e. The van der Waals surface area contributed by atoms with Crippen molar-refractivity contribution in [3.8, 4) is 5.75 Å². The van der Waals surface area contributed by atoms with Gasteiger partial charge in [0, 0.05) is 5.56 Å². The molecular formula is C20H24O4S. The molecule has 0 amide bonds. The Morgan fingerprint density at radius 1 is 1.12 bits per heavy atom. The topological polar surface area (TPSA) is 55.9 Å². The Morgan fingerprint density at radius 3 is 2.32 bits per heavy atom. The highest BCUT2D eigenvalue weighted by Gasteiger charge is 2.30. The lowest BCUT2D eigenvalue weighted by molar-refractivity contribution is 0.253. The van der Waals surface area contributed by atoms with Gasteiger partial charge in [-0.15, -0.1) is 0 Å². The van der Waals surface area contributed by atoms with Crippen molar-refractivity contribution in [2.75, 3.05) is 13.2 Å². The van der Waals surface area contributed by atoms with Crippen molar-refractivity contribution in [1.29, 1.82) is 0 Å². The van der Waals surface area contributed by atoms with Crippen molar-refractivity contribution >= 4 is 9.84 Å². The monoisotopic (exact) mass is 360 g/mol. The molecule has 1 fully saturated rings. The van der Waals surface area contributed by atoms with Crippen LogP contribution >= 0.6 is 0 Å². The van der Waals surface area contributed by atoms with Gasteiger partial charge in [-0.05, 0) is 30.5 Å². The molecule has 0 aliphatic carbocycles. The van der Waals surface area contributed by atoms with Crippen molar-refractivity contribution in [3.63, 3.8) is 0 Å². The molecule has 1 unspecified atom stereocenters. The first-order valence-corrected chi connectivity index (χ1v) is 9.87. The Kier molecular flexibility index (Phi) is 4.64. The molecule has 2 aromatic rings. The molecular weight excluding hydrogens is 336 g/mol. The van der Waals surface area contributed by atoms with Gasteiger partial charge in [-0.3, -0.25) is 0 Å². The Balaban J connectivity index is 2.11. The largest absolute Gasteiger partial charge is 0.489 e. The molecule has 0 radical (unpaired) electrons. The normalized spacial score (nSPS) is 17.4. The molecule has 5 heteroatoms. The molecule has 1 saturated heterocycles. The standard InChI is InChI=1S/C20H24O4S/c1-14-8-10-16(11-9-14)25(21,22)18-7-5-6-17(20(2,3)4)19(18)24-13-15-12-23-15/h5-11,15H,12-13H2,1-4H3. The van der Waals surface area contributed by atoms with Crippen LogP contribution in [0.2, 0.25) is 0 Å². The molecule has 0 saturated carbocycles. The van der Waals surface area contributed by atoms with E-state index in [0.29, 0.717) is 19.0 Å². The van der Waals surface area contributed by atoms with Gasteiger partial charge in [0.25, 0.3) is 0 Å². The van der Waals surface area contributed by atoms with Crippen LogP contribution in [-0.4, -0.2) is 27.7 Å². The Labute approximate surface area is 149 Å². The third-order valence-electron chi connectivity index (χ3n) is 4.22. The lowest BCUT2D eigenvalue weighted by Gasteiger charge is -2.24. The van der Waals surface area contributed by atoms with Crippen molar-refractivity contribution < 1.29 is 17.9 Å². The minimum atomic E-state index is -3.66. The number of sulfone groups is 1. The molecule has 4 nitrogen and oxygen atoms in total. The van der Waals surface area contributed by atoms with Crippen LogP contribution in [0.5, 0.6) is 5.75 Å². The number of aryl methyl sites for hydroxylation is 1. The summed E-state index contributed by atoms with van der Waals surface area (Å²) >= 11 is 0. The van der Waals surface area contributed by atoms with Crippen LogP contribution in [0.25, 0.3) is 0 Å². The summed E-state index contributed by atoms with van der Waals surface area (Å²) in [5.74, 6) is 0.436. The molecule has 0 N–H and O–H groups in total. The van der Waals surface area contributed by atoms with Crippen LogP contribution in [0.3, 0.4) is 0 Å². The lowest BCUT2D eigenvalue weighted by atomic mass is 9.86. The van der Waals surface area contributed by atoms with Gasteiger partial charge in [-0.25, -0.2) is 8.42 Å². The summed E-state index contributed by atoms with van der Waals surface area (Å²) in [4.78, 5) is 0.487. The number of epoxide rings is 1. The average molecular weight is 360 g/mol. The number of para-hydroxylation sites is 1. The van der Waals surface area contributed by atoms with E-state index >= 15 is 0 Å². The zero-order chi connectivity index (χ0) is 18.2.